The molecule has 1 saturated heterocycles. The van der Waals surface area contributed by atoms with Gasteiger partial charge in [0.25, 0.3) is 11.1 Å². The molecule has 0 atom stereocenters. The number of imide groups is 1. The highest BCUT2D eigenvalue weighted by atomic mass is 32.2. The maximum Gasteiger partial charge on any atom is 0.294 e. The van der Waals surface area contributed by atoms with Crippen molar-refractivity contribution in [1.29, 1.82) is 0 Å². The Hall–Kier alpha value is -4.24. The van der Waals surface area contributed by atoms with E-state index in [2.05, 4.69) is 11.4 Å². The smallest absolute Gasteiger partial charge is 0.294 e. The minimum absolute atomic E-state index is 0.255. The first-order valence-electron chi connectivity index (χ1n) is 11.7. The average molecular weight is 517 g/mol. The number of anilines is 1. The van der Waals surface area contributed by atoms with Crippen LogP contribution in [0.2, 0.25) is 0 Å². The molecule has 2 heterocycles. The molecule has 0 unspecified atom stereocenters. The molecule has 0 spiro atoms. The van der Waals surface area contributed by atoms with Crippen molar-refractivity contribution >= 4 is 40.6 Å². The second kappa shape index (κ2) is 10.8. The number of nitrogens with one attached hydrogen (secondary N) is 1. The summed E-state index contributed by atoms with van der Waals surface area (Å²) in [4.78, 5) is 39.0. The Kier molecular flexibility index (Phi) is 7.14. The van der Waals surface area contributed by atoms with Crippen LogP contribution >= 0.6 is 11.8 Å². The van der Waals surface area contributed by atoms with Crippen LogP contribution in [-0.2, 0) is 16.2 Å². The normalized spacial score (nSPS) is 15.7. The van der Waals surface area contributed by atoms with E-state index in [1.807, 2.05) is 49.4 Å². The molecule has 9 heteroatoms. The molecular weight excluding hydrogens is 492 g/mol. The van der Waals surface area contributed by atoms with E-state index in [0.29, 0.717) is 42.8 Å². The standard InChI is InChI=1S/C28H24N2O6S/c1-18-3-2-4-20(13-18)17-36-22-8-5-19(6-9-22)14-25-27(32)30(28(33)37-25)16-26(31)29-21-7-10-23-24(15-21)35-12-11-34-23/h2-10,13-15H,11-12,16-17H2,1H3,(H,29,31)/b25-14+. The van der Waals surface area contributed by atoms with Crippen molar-refractivity contribution in [3.63, 3.8) is 0 Å². The van der Waals surface area contributed by atoms with Gasteiger partial charge in [-0.3, -0.25) is 19.3 Å². The van der Waals surface area contributed by atoms with Crippen LogP contribution in [-0.4, -0.2) is 41.7 Å². The molecular formula is C28H24N2O6S. The summed E-state index contributed by atoms with van der Waals surface area (Å²) in [5, 5.41) is 2.20. The zero-order chi connectivity index (χ0) is 25.8. The summed E-state index contributed by atoms with van der Waals surface area (Å²) >= 11 is 0.807. The van der Waals surface area contributed by atoms with Crippen molar-refractivity contribution in [2.24, 2.45) is 0 Å². The highest BCUT2D eigenvalue weighted by molar-refractivity contribution is 8.18. The first kappa shape index (κ1) is 24.5. The van der Waals surface area contributed by atoms with E-state index in [1.54, 1.807) is 24.3 Å². The first-order chi connectivity index (χ1) is 17.9. The largest absolute Gasteiger partial charge is 0.489 e. The van der Waals surface area contributed by atoms with E-state index in [-0.39, 0.29) is 11.4 Å². The van der Waals surface area contributed by atoms with Crippen LogP contribution < -0.4 is 19.5 Å². The molecule has 3 aromatic rings. The van der Waals surface area contributed by atoms with Gasteiger partial charge in [0.05, 0.1) is 4.91 Å². The molecule has 188 valence electrons. The van der Waals surface area contributed by atoms with E-state index in [9.17, 15) is 14.4 Å². The molecule has 0 saturated carbocycles. The summed E-state index contributed by atoms with van der Waals surface area (Å²) in [5.41, 5.74) is 3.48. The Balaban J connectivity index is 1.18. The zero-order valence-electron chi connectivity index (χ0n) is 20.1. The van der Waals surface area contributed by atoms with Crippen LogP contribution in [0, 0.1) is 6.92 Å². The van der Waals surface area contributed by atoms with Crippen LogP contribution in [0.5, 0.6) is 17.2 Å². The second-order valence-electron chi connectivity index (χ2n) is 8.52. The van der Waals surface area contributed by atoms with Gasteiger partial charge in [-0.05, 0) is 60.2 Å². The van der Waals surface area contributed by atoms with Gasteiger partial charge in [0, 0.05) is 11.8 Å². The number of benzene rings is 3. The number of carbonyl (C=O) groups is 3. The highest BCUT2D eigenvalue weighted by Gasteiger charge is 2.36. The third kappa shape index (κ3) is 5.95. The molecule has 2 aliphatic heterocycles. The van der Waals surface area contributed by atoms with Crippen molar-refractivity contribution in [2.75, 3.05) is 25.1 Å². The molecule has 0 aliphatic carbocycles. The van der Waals surface area contributed by atoms with Gasteiger partial charge in [-0.15, -0.1) is 0 Å². The molecule has 37 heavy (non-hydrogen) atoms. The number of fused-ring (bicyclic) bond motifs is 1. The monoisotopic (exact) mass is 516 g/mol. The van der Waals surface area contributed by atoms with E-state index in [0.717, 1.165) is 27.8 Å². The van der Waals surface area contributed by atoms with Gasteiger partial charge in [-0.1, -0.05) is 42.0 Å². The summed E-state index contributed by atoms with van der Waals surface area (Å²) in [6, 6.07) is 20.4. The summed E-state index contributed by atoms with van der Waals surface area (Å²) in [6.45, 7) is 3.00. The van der Waals surface area contributed by atoms with Crippen LogP contribution in [0.1, 0.15) is 16.7 Å². The van der Waals surface area contributed by atoms with E-state index >= 15 is 0 Å². The number of aryl methyl sites for hydroxylation is 1. The quantitative estimate of drug-likeness (QED) is 0.441. The lowest BCUT2D eigenvalue weighted by molar-refractivity contribution is -0.127. The summed E-state index contributed by atoms with van der Waals surface area (Å²) in [7, 11) is 0. The molecule has 0 aromatic heterocycles. The number of ether oxygens (including phenoxy) is 3. The molecule has 0 radical (unpaired) electrons. The molecule has 3 aromatic carbocycles. The van der Waals surface area contributed by atoms with Gasteiger partial charge >= 0.3 is 0 Å². The van der Waals surface area contributed by atoms with Crippen molar-refractivity contribution in [2.45, 2.75) is 13.5 Å². The van der Waals surface area contributed by atoms with Crippen LogP contribution in [0.25, 0.3) is 6.08 Å². The topological polar surface area (TPSA) is 94.2 Å². The Morgan fingerprint density at radius 3 is 2.59 bits per heavy atom. The molecule has 3 amide bonds. The van der Waals surface area contributed by atoms with Crippen molar-refractivity contribution in [3.05, 3.63) is 88.3 Å². The molecule has 8 nitrogen and oxygen atoms in total. The summed E-state index contributed by atoms with van der Waals surface area (Å²) < 4.78 is 16.8. The number of nitrogens with zero attached hydrogens (tertiary/aromatic N) is 1. The Morgan fingerprint density at radius 1 is 1.03 bits per heavy atom. The molecule has 2 aliphatic rings. The minimum Gasteiger partial charge on any atom is -0.489 e. The van der Waals surface area contributed by atoms with Gasteiger partial charge < -0.3 is 19.5 Å². The molecule has 1 N–H and O–H groups in total. The van der Waals surface area contributed by atoms with Crippen LogP contribution in [0.3, 0.4) is 0 Å². The maximum atomic E-state index is 12.8. The van der Waals surface area contributed by atoms with Crippen LogP contribution in [0.15, 0.2) is 71.6 Å². The lowest BCUT2D eigenvalue weighted by atomic mass is 10.1. The lowest BCUT2D eigenvalue weighted by Gasteiger charge is -2.19. The third-order valence-corrected chi connectivity index (χ3v) is 6.57. The van der Waals surface area contributed by atoms with Gasteiger partial charge in [0.2, 0.25) is 5.91 Å². The fraction of sp³-hybridized carbons (Fsp3) is 0.179. The summed E-state index contributed by atoms with van der Waals surface area (Å²) in [5.74, 6) is 0.834. The van der Waals surface area contributed by atoms with E-state index < -0.39 is 17.1 Å². The lowest BCUT2D eigenvalue weighted by Crippen LogP contribution is -2.36. The SMILES string of the molecule is Cc1cccc(COc2ccc(/C=C3/SC(=O)N(CC(=O)Nc4ccc5c(c4)OCCO5)C3=O)cc2)c1. The molecule has 1 fully saturated rings. The fourth-order valence-electron chi connectivity index (χ4n) is 3.88. The van der Waals surface area contributed by atoms with Crippen molar-refractivity contribution in [1.82, 2.24) is 4.90 Å². The first-order valence-corrected chi connectivity index (χ1v) is 12.5. The van der Waals surface area contributed by atoms with Crippen molar-refractivity contribution < 1.29 is 28.6 Å². The van der Waals surface area contributed by atoms with Gasteiger partial charge in [0.15, 0.2) is 11.5 Å². The average Bonchev–Trinajstić information content (AvgIpc) is 3.15. The number of amides is 3. The predicted molar refractivity (Wildman–Crippen MR) is 141 cm³/mol. The van der Waals surface area contributed by atoms with Gasteiger partial charge in [-0.2, -0.15) is 0 Å². The molecule has 5 rings (SSSR count). The van der Waals surface area contributed by atoms with Crippen molar-refractivity contribution in [3.8, 4) is 17.2 Å². The zero-order valence-corrected chi connectivity index (χ0v) is 20.9. The number of carbonyl (C=O) groups excluding carboxylic acids is 3. The number of thioether (sulfide) groups is 1. The predicted octanol–water partition coefficient (Wildman–Crippen LogP) is 5.02. The number of hydrogen-bond donors (Lipinski definition) is 1. The van der Waals surface area contributed by atoms with Crippen LogP contribution in [0.4, 0.5) is 10.5 Å². The van der Waals surface area contributed by atoms with E-state index in [4.69, 9.17) is 14.2 Å². The number of hydrogen-bond acceptors (Lipinski definition) is 7. The number of rotatable bonds is 7. The van der Waals surface area contributed by atoms with Gasteiger partial charge in [-0.25, -0.2) is 0 Å². The highest BCUT2D eigenvalue weighted by Crippen LogP contribution is 2.34. The fourth-order valence-corrected chi connectivity index (χ4v) is 4.72. The Bertz CT molecular complexity index is 1390. The summed E-state index contributed by atoms with van der Waals surface area (Å²) in [6.07, 6.45) is 1.63. The maximum absolute atomic E-state index is 12.8. The Labute approximate surface area is 218 Å². The van der Waals surface area contributed by atoms with Gasteiger partial charge in [0.1, 0.15) is 32.1 Å². The molecule has 0 bridgehead atoms. The second-order valence-corrected chi connectivity index (χ2v) is 9.51. The van der Waals surface area contributed by atoms with E-state index in [1.165, 1.54) is 5.56 Å². The Morgan fingerprint density at radius 2 is 1.81 bits per heavy atom. The minimum atomic E-state index is -0.507. The third-order valence-electron chi connectivity index (χ3n) is 5.67.